The minimum Gasteiger partial charge on any atom is -0.481 e. The van der Waals surface area contributed by atoms with E-state index in [1.807, 2.05) is 0 Å². The van der Waals surface area contributed by atoms with Crippen LogP contribution in [-0.2, 0) is 4.79 Å². The molecule has 102 valence electrons. The standard InChI is InChI=1S/C15H25NO2/c17-14(18)15-8-3-6-13(15)10-16(11-15)9-7-12-4-1-2-5-12/h12-13H,1-11H2,(H,17,18)/t13-,15+/m0/s1. The van der Waals surface area contributed by atoms with Crippen LogP contribution in [0.25, 0.3) is 0 Å². The quantitative estimate of drug-likeness (QED) is 0.835. The van der Waals surface area contributed by atoms with Gasteiger partial charge in [0.2, 0.25) is 0 Å². The predicted molar refractivity (Wildman–Crippen MR) is 70.4 cm³/mol. The molecule has 0 spiro atoms. The molecule has 3 aliphatic rings. The summed E-state index contributed by atoms with van der Waals surface area (Å²) in [6.07, 6.45) is 10.1. The van der Waals surface area contributed by atoms with Crippen molar-refractivity contribution in [2.24, 2.45) is 17.3 Å². The molecule has 0 aromatic heterocycles. The number of fused-ring (bicyclic) bond motifs is 1. The molecule has 1 heterocycles. The molecular weight excluding hydrogens is 226 g/mol. The Hall–Kier alpha value is -0.570. The molecular formula is C15H25NO2. The maximum atomic E-state index is 11.6. The molecule has 0 unspecified atom stereocenters. The van der Waals surface area contributed by atoms with Gasteiger partial charge in [0.25, 0.3) is 0 Å². The molecule has 1 saturated heterocycles. The zero-order chi connectivity index (χ0) is 12.6. The second-order valence-electron chi connectivity index (χ2n) is 6.72. The number of carboxylic acids is 1. The zero-order valence-electron chi connectivity index (χ0n) is 11.2. The van der Waals surface area contributed by atoms with Crippen LogP contribution in [0.2, 0.25) is 0 Å². The lowest BCUT2D eigenvalue weighted by atomic mass is 9.81. The third kappa shape index (κ3) is 2.07. The number of aliphatic carboxylic acids is 1. The van der Waals surface area contributed by atoms with Crippen LogP contribution in [0.15, 0.2) is 0 Å². The van der Waals surface area contributed by atoms with Crippen molar-refractivity contribution in [3.8, 4) is 0 Å². The Balaban J connectivity index is 1.55. The van der Waals surface area contributed by atoms with Gasteiger partial charge in [-0.1, -0.05) is 32.1 Å². The third-order valence-electron chi connectivity index (χ3n) is 5.70. The second-order valence-corrected chi connectivity index (χ2v) is 6.72. The molecule has 0 aromatic carbocycles. The first kappa shape index (κ1) is 12.5. The van der Waals surface area contributed by atoms with Crippen LogP contribution in [-0.4, -0.2) is 35.6 Å². The Bertz CT molecular complexity index is 324. The van der Waals surface area contributed by atoms with Crippen LogP contribution in [0.4, 0.5) is 0 Å². The van der Waals surface area contributed by atoms with Gasteiger partial charge in [0.1, 0.15) is 0 Å². The van der Waals surface area contributed by atoms with Crippen LogP contribution in [0.5, 0.6) is 0 Å². The fourth-order valence-corrected chi connectivity index (χ4v) is 4.58. The summed E-state index contributed by atoms with van der Waals surface area (Å²) in [5.41, 5.74) is -0.379. The number of nitrogens with zero attached hydrogens (tertiary/aromatic N) is 1. The normalized spacial score (nSPS) is 37.2. The molecule has 3 heteroatoms. The van der Waals surface area contributed by atoms with E-state index in [0.29, 0.717) is 5.92 Å². The van der Waals surface area contributed by atoms with Gasteiger partial charge in [-0.25, -0.2) is 0 Å². The average molecular weight is 251 g/mol. The molecule has 0 amide bonds. The van der Waals surface area contributed by atoms with Gasteiger partial charge in [-0.15, -0.1) is 0 Å². The van der Waals surface area contributed by atoms with E-state index < -0.39 is 5.97 Å². The van der Waals surface area contributed by atoms with E-state index in [4.69, 9.17) is 0 Å². The fourth-order valence-electron chi connectivity index (χ4n) is 4.58. The molecule has 3 rings (SSSR count). The van der Waals surface area contributed by atoms with Crippen LogP contribution < -0.4 is 0 Å². The highest BCUT2D eigenvalue weighted by Gasteiger charge is 2.54. The average Bonchev–Trinajstić information content (AvgIpc) is 3.01. The molecule has 2 aliphatic carbocycles. The summed E-state index contributed by atoms with van der Waals surface area (Å²) in [6, 6.07) is 0. The number of hydrogen-bond acceptors (Lipinski definition) is 2. The van der Waals surface area contributed by atoms with E-state index in [2.05, 4.69) is 4.90 Å². The summed E-state index contributed by atoms with van der Waals surface area (Å²) in [5.74, 6) is 0.818. The van der Waals surface area contributed by atoms with Crippen molar-refractivity contribution in [2.75, 3.05) is 19.6 Å². The molecule has 1 aliphatic heterocycles. The van der Waals surface area contributed by atoms with Crippen LogP contribution in [0.3, 0.4) is 0 Å². The van der Waals surface area contributed by atoms with E-state index in [1.54, 1.807) is 0 Å². The van der Waals surface area contributed by atoms with Gasteiger partial charge in [-0.05, 0) is 37.6 Å². The molecule has 3 fully saturated rings. The molecule has 0 bridgehead atoms. The summed E-state index contributed by atoms with van der Waals surface area (Å²) < 4.78 is 0. The largest absolute Gasteiger partial charge is 0.481 e. The highest BCUT2D eigenvalue weighted by atomic mass is 16.4. The molecule has 18 heavy (non-hydrogen) atoms. The second kappa shape index (κ2) is 4.84. The van der Waals surface area contributed by atoms with Crippen molar-refractivity contribution >= 4 is 5.97 Å². The molecule has 2 saturated carbocycles. The fraction of sp³-hybridized carbons (Fsp3) is 0.933. The Morgan fingerprint density at radius 3 is 2.67 bits per heavy atom. The maximum absolute atomic E-state index is 11.6. The molecule has 1 N–H and O–H groups in total. The molecule has 0 aromatic rings. The van der Waals surface area contributed by atoms with Gasteiger partial charge in [0.05, 0.1) is 5.41 Å². The van der Waals surface area contributed by atoms with Crippen molar-refractivity contribution in [3.63, 3.8) is 0 Å². The predicted octanol–water partition coefficient (Wildman–Crippen LogP) is 2.75. The van der Waals surface area contributed by atoms with E-state index in [0.717, 1.165) is 44.8 Å². The number of likely N-dealkylation sites (tertiary alicyclic amines) is 1. The lowest BCUT2D eigenvalue weighted by molar-refractivity contribution is -0.149. The highest BCUT2D eigenvalue weighted by Crippen LogP contribution is 2.49. The lowest BCUT2D eigenvalue weighted by Crippen LogP contribution is -2.36. The van der Waals surface area contributed by atoms with E-state index in [9.17, 15) is 9.90 Å². The molecule has 3 nitrogen and oxygen atoms in total. The van der Waals surface area contributed by atoms with Crippen LogP contribution in [0, 0.1) is 17.3 Å². The number of carbonyl (C=O) groups is 1. The van der Waals surface area contributed by atoms with Crippen LogP contribution in [0.1, 0.15) is 51.4 Å². The Kier molecular flexibility index (Phi) is 3.35. The lowest BCUT2D eigenvalue weighted by Gasteiger charge is -2.24. The van der Waals surface area contributed by atoms with Crippen molar-refractivity contribution < 1.29 is 9.90 Å². The number of carboxylic acid groups (broad SMARTS) is 1. The number of rotatable bonds is 4. The van der Waals surface area contributed by atoms with Gasteiger partial charge in [-0.3, -0.25) is 4.79 Å². The first-order chi connectivity index (χ1) is 8.71. The summed E-state index contributed by atoms with van der Waals surface area (Å²) >= 11 is 0. The Morgan fingerprint density at radius 1 is 1.22 bits per heavy atom. The highest BCUT2D eigenvalue weighted by molar-refractivity contribution is 5.76. The third-order valence-corrected chi connectivity index (χ3v) is 5.70. The van der Waals surface area contributed by atoms with Gasteiger partial charge in [0.15, 0.2) is 0 Å². The SMILES string of the molecule is O=C(O)[C@@]12CCC[C@H]1CN(CCC1CCCC1)C2. The zero-order valence-corrected chi connectivity index (χ0v) is 11.2. The van der Waals surface area contributed by atoms with Crippen molar-refractivity contribution in [2.45, 2.75) is 51.4 Å². The van der Waals surface area contributed by atoms with E-state index in [1.165, 1.54) is 32.1 Å². The van der Waals surface area contributed by atoms with Gasteiger partial charge in [-0.2, -0.15) is 0 Å². The van der Waals surface area contributed by atoms with Crippen molar-refractivity contribution in [1.82, 2.24) is 4.90 Å². The van der Waals surface area contributed by atoms with Crippen molar-refractivity contribution in [3.05, 3.63) is 0 Å². The summed E-state index contributed by atoms with van der Waals surface area (Å²) in [4.78, 5) is 14.0. The van der Waals surface area contributed by atoms with Gasteiger partial charge in [0, 0.05) is 13.1 Å². The smallest absolute Gasteiger partial charge is 0.311 e. The Labute approximate surface area is 110 Å². The van der Waals surface area contributed by atoms with E-state index >= 15 is 0 Å². The van der Waals surface area contributed by atoms with Crippen molar-refractivity contribution in [1.29, 1.82) is 0 Å². The first-order valence-electron chi connectivity index (χ1n) is 7.66. The van der Waals surface area contributed by atoms with Gasteiger partial charge < -0.3 is 10.0 Å². The summed E-state index contributed by atoms with van der Waals surface area (Å²) in [6.45, 7) is 2.99. The first-order valence-corrected chi connectivity index (χ1v) is 7.66. The maximum Gasteiger partial charge on any atom is 0.311 e. The summed E-state index contributed by atoms with van der Waals surface area (Å²) in [5, 5.41) is 9.55. The summed E-state index contributed by atoms with van der Waals surface area (Å²) in [7, 11) is 0. The molecule has 2 atom stereocenters. The monoisotopic (exact) mass is 251 g/mol. The number of hydrogen-bond donors (Lipinski definition) is 1. The Morgan fingerprint density at radius 2 is 2.00 bits per heavy atom. The van der Waals surface area contributed by atoms with Crippen LogP contribution >= 0.6 is 0 Å². The minimum atomic E-state index is -0.534. The minimum absolute atomic E-state index is 0.379. The molecule has 0 radical (unpaired) electrons. The van der Waals surface area contributed by atoms with Gasteiger partial charge >= 0.3 is 5.97 Å². The topological polar surface area (TPSA) is 40.5 Å². The van der Waals surface area contributed by atoms with E-state index in [-0.39, 0.29) is 5.41 Å².